The van der Waals surface area contributed by atoms with E-state index in [0.29, 0.717) is 18.4 Å². The molecule has 0 unspecified atom stereocenters. The lowest BCUT2D eigenvalue weighted by Crippen LogP contribution is -2.28. The van der Waals surface area contributed by atoms with Crippen molar-refractivity contribution < 1.29 is 19.6 Å². The van der Waals surface area contributed by atoms with Crippen LogP contribution in [0.1, 0.15) is 35.0 Å². The van der Waals surface area contributed by atoms with Crippen molar-refractivity contribution in [3.8, 4) is 11.4 Å². The van der Waals surface area contributed by atoms with Gasteiger partial charge in [0.15, 0.2) is 0 Å². The van der Waals surface area contributed by atoms with Crippen molar-refractivity contribution >= 4 is 13.1 Å². The molecule has 0 saturated heterocycles. The zero-order chi connectivity index (χ0) is 15.7. The summed E-state index contributed by atoms with van der Waals surface area (Å²) in [5.74, 6) is -0.898. The van der Waals surface area contributed by atoms with Gasteiger partial charge >= 0.3 is 13.1 Å². The van der Waals surface area contributed by atoms with Gasteiger partial charge in [-0.25, -0.2) is 9.48 Å². The Kier molecular flexibility index (Phi) is 3.85. The van der Waals surface area contributed by atoms with E-state index in [-0.39, 0.29) is 11.3 Å². The molecular formula is C14H16BN3O4. The number of carbonyl (C=O) groups is 1. The molecule has 114 valence electrons. The van der Waals surface area contributed by atoms with Crippen molar-refractivity contribution in [1.29, 1.82) is 0 Å². The third-order valence-electron chi connectivity index (χ3n) is 3.64. The van der Waals surface area contributed by atoms with Crippen molar-refractivity contribution in [2.45, 2.75) is 32.5 Å². The molecule has 2 aromatic rings. The van der Waals surface area contributed by atoms with E-state index in [2.05, 4.69) is 10.3 Å². The molecule has 0 radical (unpaired) electrons. The topological polar surface area (TPSA) is 97.5 Å². The first-order valence-electron chi connectivity index (χ1n) is 7.25. The molecule has 0 amide bonds. The van der Waals surface area contributed by atoms with Gasteiger partial charge in [-0.2, -0.15) is 0 Å². The quantitative estimate of drug-likeness (QED) is 0.827. The molecule has 7 nitrogen and oxygen atoms in total. The molecule has 0 bridgehead atoms. The van der Waals surface area contributed by atoms with Crippen LogP contribution in [0.2, 0.25) is 6.32 Å². The summed E-state index contributed by atoms with van der Waals surface area (Å²) in [6.45, 7) is 2.04. The second kappa shape index (κ2) is 5.80. The van der Waals surface area contributed by atoms with Gasteiger partial charge in [0.1, 0.15) is 11.3 Å². The zero-order valence-corrected chi connectivity index (χ0v) is 12.2. The highest BCUT2D eigenvalue weighted by Gasteiger charge is 2.30. The molecule has 2 heterocycles. The van der Waals surface area contributed by atoms with Crippen LogP contribution in [-0.2, 0) is 12.8 Å². The lowest BCUT2D eigenvalue weighted by Gasteiger charge is -2.22. The predicted octanol–water partition coefficient (Wildman–Crippen LogP) is 1.33. The van der Waals surface area contributed by atoms with Crippen molar-refractivity contribution in [3.63, 3.8) is 0 Å². The van der Waals surface area contributed by atoms with E-state index >= 15 is 0 Å². The lowest BCUT2D eigenvalue weighted by atomic mass is 9.78. The van der Waals surface area contributed by atoms with E-state index < -0.39 is 13.1 Å². The van der Waals surface area contributed by atoms with Crippen LogP contribution in [0.5, 0.6) is 5.75 Å². The van der Waals surface area contributed by atoms with Gasteiger partial charge in [0.25, 0.3) is 0 Å². The van der Waals surface area contributed by atoms with Gasteiger partial charge in [0.2, 0.25) is 0 Å². The molecule has 1 aliphatic heterocycles. The van der Waals surface area contributed by atoms with Gasteiger partial charge in [-0.15, -0.1) is 5.10 Å². The summed E-state index contributed by atoms with van der Waals surface area (Å²) in [4.78, 5) is 11.7. The summed E-state index contributed by atoms with van der Waals surface area (Å²) in [5, 5.41) is 27.2. The number of rotatable bonds is 4. The summed E-state index contributed by atoms with van der Waals surface area (Å²) in [5.41, 5.74) is 1.97. The fourth-order valence-electron chi connectivity index (χ4n) is 2.61. The average molecular weight is 301 g/mol. The third-order valence-corrected chi connectivity index (χ3v) is 3.64. The van der Waals surface area contributed by atoms with Crippen LogP contribution >= 0.6 is 0 Å². The Labute approximate surface area is 127 Å². The van der Waals surface area contributed by atoms with Crippen molar-refractivity contribution in [3.05, 3.63) is 35.2 Å². The van der Waals surface area contributed by atoms with Crippen LogP contribution in [0, 0.1) is 0 Å². The second-order valence-corrected chi connectivity index (χ2v) is 5.27. The van der Waals surface area contributed by atoms with Crippen LogP contribution in [0.4, 0.5) is 0 Å². The van der Waals surface area contributed by atoms with E-state index in [1.807, 2.05) is 13.0 Å². The maximum absolute atomic E-state index is 11.7. The number of hydrogen-bond donors (Lipinski definition) is 2. The minimum atomic E-state index is -1.12. The lowest BCUT2D eigenvalue weighted by molar-refractivity contribution is 0.0694. The number of carboxylic acids is 1. The van der Waals surface area contributed by atoms with Gasteiger partial charge in [-0.05, 0) is 30.8 Å². The van der Waals surface area contributed by atoms with E-state index in [9.17, 15) is 14.9 Å². The number of aromatic carboxylic acids is 1. The molecule has 0 fully saturated rings. The van der Waals surface area contributed by atoms with Crippen LogP contribution in [-0.4, -0.2) is 38.2 Å². The average Bonchev–Trinajstić information content (AvgIpc) is 2.94. The Morgan fingerprint density at radius 3 is 3.05 bits per heavy atom. The van der Waals surface area contributed by atoms with Crippen LogP contribution < -0.4 is 4.65 Å². The smallest absolute Gasteiger partial charge is 0.522 e. The van der Waals surface area contributed by atoms with Gasteiger partial charge in [0, 0.05) is 0 Å². The Morgan fingerprint density at radius 1 is 1.50 bits per heavy atom. The van der Waals surface area contributed by atoms with Gasteiger partial charge in [-0.3, -0.25) is 0 Å². The highest BCUT2D eigenvalue weighted by atomic mass is 16.5. The fraction of sp³-hybridized carbons (Fsp3) is 0.357. The monoisotopic (exact) mass is 301 g/mol. The van der Waals surface area contributed by atoms with E-state index in [0.717, 1.165) is 24.1 Å². The van der Waals surface area contributed by atoms with E-state index in [4.69, 9.17) is 4.65 Å². The van der Waals surface area contributed by atoms with Crippen molar-refractivity contribution in [2.75, 3.05) is 0 Å². The molecule has 0 atom stereocenters. The summed E-state index contributed by atoms with van der Waals surface area (Å²) < 4.78 is 6.80. The van der Waals surface area contributed by atoms with Crippen molar-refractivity contribution in [1.82, 2.24) is 15.0 Å². The molecule has 0 spiro atoms. The Hall–Kier alpha value is -2.35. The Bertz CT molecular complexity index is 716. The predicted molar refractivity (Wildman–Crippen MR) is 79.4 cm³/mol. The minimum Gasteiger partial charge on any atom is -0.535 e. The molecule has 2 N–H and O–H groups in total. The molecule has 0 saturated carbocycles. The normalized spacial score (nSPS) is 13.6. The summed E-state index contributed by atoms with van der Waals surface area (Å²) in [7, 11) is -0.979. The highest BCUT2D eigenvalue weighted by Crippen LogP contribution is 2.34. The first kappa shape index (κ1) is 14.6. The van der Waals surface area contributed by atoms with Crippen LogP contribution in [0.15, 0.2) is 18.3 Å². The molecule has 0 aliphatic carbocycles. The van der Waals surface area contributed by atoms with Crippen LogP contribution in [0.3, 0.4) is 0 Å². The SMILES string of the molecule is CCCc1cn(-c2ccc3c(c2C(=O)O)OB(O)CC3)nn1. The number of carboxylic acid groups (broad SMARTS) is 1. The summed E-state index contributed by atoms with van der Waals surface area (Å²) in [6.07, 6.45) is 4.47. The second-order valence-electron chi connectivity index (χ2n) is 5.27. The molecular weight excluding hydrogens is 285 g/mol. The van der Waals surface area contributed by atoms with Gasteiger partial charge in [-0.1, -0.05) is 24.6 Å². The molecule has 3 rings (SSSR count). The fourth-order valence-corrected chi connectivity index (χ4v) is 2.61. The number of aryl methyl sites for hydroxylation is 2. The highest BCUT2D eigenvalue weighted by molar-refractivity contribution is 6.44. The Morgan fingerprint density at radius 2 is 2.32 bits per heavy atom. The van der Waals surface area contributed by atoms with Crippen molar-refractivity contribution in [2.24, 2.45) is 0 Å². The molecule has 1 aromatic carbocycles. The molecule has 8 heteroatoms. The maximum Gasteiger partial charge on any atom is 0.522 e. The molecule has 1 aromatic heterocycles. The zero-order valence-electron chi connectivity index (χ0n) is 12.2. The maximum atomic E-state index is 11.7. The molecule has 22 heavy (non-hydrogen) atoms. The standard InChI is InChI=1S/C14H16BN3O4/c1-2-3-10-8-18(17-16-10)11-5-4-9-6-7-15(21)22-13(9)12(11)14(19)20/h4-5,8,21H,2-3,6-7H2,1H3,(H,19,20). The minimum absolute atomic E-state index is 0.00389. The number of aromatic nitrogens is 3. The van der Waals surface area contributed by atoms with Gasteiger partial charge < -0.3 is 14.8 Å². The van der Waals surface area contributed by atoms with E-state index in [1.165, 1.54) is 4.68 Å². The van der Waals surface area contributed by atoms with Gasteiger partial charge in [0.05, 0.1) is 17.6 Å². The number of fused-ring (bicyclic) bond motifs is 1. The number of nitrogens with zero attached hydrogens (tertiary/aromatic N) is 3. The third kappa shape index (κ3) is 2.57. The largest absolute Gasteiger partial charge is 0.535 e. The summed E-state index contributed by atoms with van der Waals surface area (Å²) in [6, 6.07) is 3.51. The Balaban J connectivity index is 2.10. The van der Waals surface area contributed by atoms with Crippen LogP contribution in [0.25, 0.3) is 5.69 Å². The first-order chi connectivity index (χ1) is 10.6. The summed E-state index contributed by atoms with van der Waals surface area (Å²) >= 11 is 0. The molecule has 1 aliphatic rings. The number of benzene rings is 1. The van der Waals surface area contributed by atoms with E-state index in [1.54, 1.807) is 12.3 Å². The number of hydrogen-bond acceptors (Lipinski definition) is 5. The first-order valence-corrected chi connectivity index (χ1v) is 7.25.